The van der Waals surface area contributed by atoms with Crippen LogP contribution < -0.4 is 5.32 Å². The van der Waals surface area contributed by atoms with Gasteiger partial charge in [0.2, 0.25) is 6.43 Å². The van der Waals surface area contributed by atoms with E-state index in [2.05, 4.69) is 5.32 Å². The Labute approximate surface area is 105 Å². The van der Waals surface area contributed by atoms with Crippen LogP contribution in [0.5, 0.6) is 0 Å². The maximum atomic E-state index is 12.1. The Hall–Kier alpha value is -1.65. The van der Waals surface area contributed by atoms with Gasteiger partial charge in [-0.05, 0) is 38.5 Å². The van der Waals surface area contributed by atoms with Crippen LogP contribution >= 0.6 is 0 Å². The lowest BCUT2D eigenvalue weighted by Crippen LogP contribution is -2.27. The number of hydrogen-bond donors (Lipinski definition) is 1. The molecular weight excluding hydrogens is 240 g/mol. The SMILES string of the molecule is CC(C)(C)OC(=O)Nc1ccc(CC(F)F)cc1. The Kier molecular flexibility index (Phi) is 4.64. The van der Waals surface area contributed by atoms with E-state index < -0.39 is 18.1 Å². The second-order valence-corrected chi connectivity index (χ2v) is 4.92. The van der Waals surface area contributed by atoms with Crippen molar-refractivity contribution in [3.63, 3.8) is 0 Å². The normalized spacial score (nSPS) is 11.4. The van der Waals surface area contributed by atoms with Crippen LogP contribution in [0.15, 0.2) is 24.3 Å². The van der Waals surface area contributed by atoms with Crippen LogP contribution in [-0.2, 0) is 11.2 Å². The van der Waals surface area contributed by atoms with Crippen molar-refractivity contribution in [1.82, 2.24) is 0 Å². The summed E-state index contributed by atoms with van der Waals surface area (Å²) in [5.74, 6) is 0. The van der Waals surface area contributed by atoms with Crippen LogP contribution in [0.3, 0.4) is 0 Å². The number of benzene rings is 1. The van der Waals surface area contributed by atoms with Gasteiger partial charge in [0, 0.05) is 12.1 Å². The summed E-state index contributed by atoms with van der Waals surface area (Å²) >= 11 is 0. The highest BCUT2D eigenvalue weighted by Crippen LogP contribution is 2.14. The van der Waals surface area contributed by atoms with E-state index in [0.717, 1.165) is 0 Å². The molecule has 0 fully saturated rings. The third-order valence-corrected chi connectivity index (χ3v) is 1.99. The van der Waals surface area contributed by atoms with Crippen molar-refractivity contribution in [1.29, 1.82) is 0 Å². The molecule has 0 unspecified atom stereocenters. The van der Waals surface area contributed by atoms with E-state index in [1.165, 1.54) is 0 Å². The number of ether oxygens (including phenoxy) is 1. The smallest absolute Gasteiger partial charge is 0.412 e. The second kappa shape index (κ2) is 5.80. The molecule has 18 heavy (non-hydrogen) atoms. The van der Waals surface area contributed by atoms with Crippen molar-refractivity contribution in [2.24, 2.45) is 0 Å². The van der Waals surface area contributed by atoms with Crippen molar-refractivity contribution >= 4 is 11.8 Å². The molecule has 0 aliphatic rings. The third kappa shape index (κ3) is 5.61. The number of halogens is 2. The third-order valence-electron chi connectivity index (χ3n) is 1.99. The Morgan fingerprint density at radius 1 is 1.28 bits per heavy atom. The summed E-state index contributed by atoms with van der Waals surface area (Å²) in [6.45, 7) is 5.29. The molecule has 1 aromatic carbocycles. The minimum absolute atomic E-state index is 0.285. The molecular formula is C13H17F2NO2. The first-order chi connectivity index (χ1) is 8.26. The van der Waals surface area contributed by atoms with Gasteiger partial charge >= 0.3 is 6.09 Å². The van der Waals surface area contributed by atoms with Gasteiger partial charge < -0.3 is 4.74 Å². The summed E-state index contributed by atoms with van der Waals surface area (Å²) in [5, 5.41) is 2.53. The highest BCUT2D eigenvalue weighted by Gasteiger charge is 2.16. The van der Waals surface area contributed by atoms with Gasteiger partial charge in [0.25, 0.3) is 0 Å². The minimum Gasteiger partial charge on any atom is -0.444 e. The van der Waals surface area contributed by atoms with Gasteiger partial charge in [-0.1, -0.05) is 12.1 Å². The summed E-state index contributed by atoms with van der Waals surface area (Å²) in [6.07, 6.45) is -3.22. The average Bonchev–Trinajstić information content (AvgIpc) is 2.17. The molecule has 0 saturated carbocycles. The van der Waals surface area contributed by atoms with E-state index >= 15 is 0 Å². The lowest BCUT2D eigenvalue weighted by Gasteiger charge is -2.19. The van der Waals surface area contributed by atoms with Crippen molar-refractivity contribution < 1.29 is 18.3 Å². The first-order valence-corrected chi connectivity index (χ1v) is 5.63. The first kappa shape index (κ1) is 14.4. The highest BCUT2D eigenvalue weighted by molar-refractivity contribution is 5.84. The largest absolute Gasteiger partial charge is 0.444 e. The lowest BCUT2D eigenvalue weighted by atomic mass is 10.1. The van der Waals surface area contributed by atoms with Gasteiger partial charge in [-0.2, -0.15) is 0 Å². The van der Waals surface area contributed by atoms with E-state index in [1.807, 2.05) is 0 Å². The van der Waals surface area contributed by atoms with Gasteiger partial charge in [0.05, 0.1) is 0 Å². The van der Waals surface area contributed by atoms with Crippen LogP contribution in [0, 0.1) is 0 Å². The van der Waals surface area contributed by atoms with Crippen LogP contribution in [0.2, 0.25) is 0 Å². The number of hydrogen-bond acceptors (Lipinski definition) is 2. The lowest BCUT2D eigenvalue weighted by molar-refractivity contribution is 0.0636. The molecule has 0 radical (unpaired) electrons. The number of nitrogens with one attached hydrogen (secondary N) is 1. The summed E-state index contributed by atoms with van der Waals surface area (Å²) in [7, 11) is 0. The molecule has 0 bridgehead atoms. The Morgan fingerprint density at radius 2 is 1.83 bits per heavy atom. The van der Waals surface area contributed by atoms with Crippen molar-refractivity contribution in [2.45, 2.75) is 39.2 Å². The molecule has 0 atom stereocenters. The van der Waals surface area contributed by atoms with Crippen LogP contribution in [0.1, 0.15) is 26.3 Å². The number of anilines is 1. The van der Waals surface area contributed by atoms with Gasteiger partial charge in [0.15, 0.2) is 0 Å². The molecule has 0 aromatic heterocycles. The molecule has 3 nitrogen and oxygen atoms in total. The maximum Gasteiger partial charge on any atom is 0.412 e. The first-order valence-electron chi connectivity index (χ1n) is 5.63. The quantitative estimate of drug-likeness (QED) is 0.893. The summed E-state index contributed by atoms with van der Waals surface area (Å²) in [5.41, 5.74) is 0.474. The standard InChI is InChI=1S/C13H17F2NO2/c1-13(2,3)18-12(17)16-10-6-4-9(5-7-10)8-11(14)15/h4-7,11H,8H2,1-3H3,(H,16,17). The average molecular weight is 257 g/mol. The molecule has 0 heterocycles. The molecule has 0 aliphatic carbocycles. The fraction of sp³-hybridized carbons (Fsp3) is 0.462. The van der Waals surface area contributed by atoms with Gasteiger partial charge in [0.1, 0.15) is 5.60 Å². The number of carbonyl (C=O) groups is 1. The van der Waals surface area contributed by atoms with E-state index in [9.17, 15) is 13.6 Å². The minimum atomic E-state index is -2.37. The summed E-state index contributed by atoms with van der Waals surface area (Å²) in [6, 6.07) is 6.25. The molecule has 0 saturated heterocycles. The summed E-state index contributed by atoms with van der Waals surface area (Å²) < 4.78 is 29.3. The maximum absolute atomic E-state index is 12.1. The number of alkyl halides is 2. The van der Waals surface area contributed by atoms with E-state index in [0.29, 0.717) is 11.3 Å². The van der Waals surface area contributed by atoms with Crippen LogP contribution in [0.4, 0.5) is 19.3 Å². The van der Waals surface area contributed by atoms with Gasteiger partial charge in [-0.15, -0.1) is 0 Å². The number of rotatable bonds is 3. The van der Waals surface area contributed by atoms with E-state index in [-0.39, 0.29) is 6.42 Å². The van der Waals surface area contributed by atoms with Crippen molar-refractivity contribution in [2.75, 3.05) is 5.32 Å². The zero-order valence-corrected chi connectivity index (χ0v) is 10.7. The fourth-order valence-corrected chi connectivity index (χ4v) is 1.32. The van der Waals surface area contributed by atoms with E-state index in [1.54, 1.807) is 45.0 Å². The predicted molar refractivity (Wildman–Crippen MR) is 66.0 cm³/mol. The molecule has 1 amide bonds. The summed E-state index contributed by atoms with van der Waals surface area (Å²) in [4.78, 5) is 11.4. The van der Waals surface area contributed by atoms with Gasteiger partial charge in [-0.3, -0.25) is 5.32 Å². The predicted octanol–water partition coefficient (Wildman–Crippen LogP) is 3.84. The Balaban J connectivity index is 2.56. The zero-order valence-electron chi connectivity index (χ0n) is 10.7. The van der Waals surface area contributed by atoms with Crippen molar-refractivity contribution in [3.8, 4) is 0 Å². The van der Waals surface area contributed by atoms with Crippen molar-refractivity contribution in [3.05, 3.63) is 29.8 Å². The monoisotopic (exact) mass is 257 g/mol. The number of amides is 1. The molecule has 1 rings (SSSR count). The van der Waals surface area contributed by atoms with Gasteiger partial charge in [-0.25, -0.2) is 13.6 Å². The number of carbonyl (C=O) groups excluding carboxylic acids is 1. The molecule has 5 heteroatoms. The molecule has 1 aromatic rings. The molecule has 1 N–H and O–H groups in total. The fourth-order valence-electron chi connectivity index (χ4n) is 1.32. The Morgan fingerprint density at radius 3 is 2.28 bits per heavy atom. The van der Waals surface area contributed by atoms with Crippen LogP contribution in [0.25, 0.3) is 0 Å². The topological polar surface area (TPSA) is 38.3 Å². The molecule has 100 valence electrons. The highest BCUT2D eigenvalue weighted by atomic mass is 19.3. The molecule has 0 spiro atoms. The second-order valence-electron chi connectivity index (χ2n) is 4.92. The zero-order chi connectivity index (χ0) is 13.8. The van der Waals surface area contributed by atoms with Crippen LogP contribution in [-0.4, -0.2) is 18.1 Å². The van der Waals surface area contributed by atoms with E-state index in [4.69, 9.17) is 4.74 Å². The molecule has 0 aliphatic heterocycles. The Bertz CT molecular complexity index is 396.